The molecule has 0 spiro atoms. The summed E-state index contributed by atoms with van der Waals surface area (Å²) in [5, 5.41) is 0. The smallest absolute Gasteiger partial charge is 0.0279 e. The third-order valence-electron chi connectivity index (χ3n) is 4.77. The molecule has 1 aromatic carbocycles. The predicted molar refractivity (Wildman–Crippen MR) is 68.3 cm³/mol. The lowest BCUT2D eigenvalue weighted by Gasteiger charge is -2.21. The summed E-state index contributed by atoms with van der Waals surface area (Å²) in [6.45, 7) is 0. The van der Waals surface area contributed by atoms with Gasteiger partial charge in [0, 0.05) is 0 Å². The number of benzene rings is 1. The molecule has 0 heteroatoms. The molecule has 0 unspecified atom stereocenters. The minimum absolute atomic E-state index is 1.09. The van der Waals surface area contributed by atoms with E-state index in [2.05, 4.69) is 30.3 Å². The molecule has 86 valence electrons. The fourth-order valence-electron chi connectivity index (χ4n) is 3.94. The average Bonchev–Trinajstić information content (AvgIpc) is 2.92. The summed E-state index contributed by atoms with van der Waals surface area (Å²) in [6.07, 6.45) is 10.4. The Balaban J connectivity index is 1.44. The second-order valence-corrected chi connectivity index (χ2v) is 5.81. The van der Waals surface area contributed by atoms with Crippen molar-refractivity contribution in [1.29, 1.82) is 0 Å². The van der Waals surface area contributed by atoms with Gasteiger partial charge in [-0.05, 0) is 61.8 Å². The Bertz CT molecular complexity index is 327. The van der Waals surface area contributed by atoms with Crippen molar-refractivity contribution in [3.8, 4) is 0 Å². The van der Waals surface area contributed by atoms with Crippen LogP contribution in [-0.2, 0) is 6.42 Å². The summed E-state index contributed by atoms with van der Waals surface area (Å²) >= 11 is 0. The summed E-state index contributed by atoms with van der Waals surface area (Å²) in [7, 11) is 0. The van der Waals surface area contributed by atoms with E-state index >= 15 is 0 Å². The maximum Gasteiger partial charge on any atom is -0.0279 e. The first kappa shape index (κ1) is 10.4. The van der Waals surface area contributed by atoms with Crippen LogP contribution in [-0.4, -0.2) is 0 Å². The molecule has 3 atom stereocenters. The normalized spacial score (nSPS) is 32.1. The van der Waals surface area contributed by atoms with Gasteiger partial charge in [-0.1, -0.05) is 36.8 Å². The molecule has 0 nitrogen and oxygen atoms in total. The average molecular weight is 214 g/mol. The van der Waals surface area contributed by atoms with E-state index in [-0.39, 0.29) is 0 Å². The molecule has 0 heterocycles. The maximum atomic E-state index is 2.26. The highest BCUT2D eigenvalue weighted by Gasteiger charge is 2.38. The predicted octanol–water partition coefficient (Wildman–Crippen LogP) is 4.45. The molecule has 2 saturated carbocycles. The second kappa shape index (κ2) is 4.61. The third kappa shape index (κ3) is 2.16. The Kier molecular flexibility index (Phi) is 2.99. The highest BCUT2D eigenvalue weighted by Crippen LogP contribution is 2.49. The van der Waals surface area contributed by atoms with Gasteiger partial charge in [-0.3, -0.25) is 0 Å². The zero-order valence-corrected chi connectivity index (χ0v) is 10.1. The van der Waals surface area contributed by atoms with Crippen LogP contribution in [0.25, 0.3) is 0 Å². The molecule has 2 aliphatic carbocycles. The van der Waals surface area contributed by atoms with Gasteiger partial charge in [0.1, 0.15) is 0 Å². The van der Waals surface area contributed by atoms with Crippen molar-refractivity contribution in [2.75, 3.05) is 0 Å². The highest BCUT2D eigenvalue weighted by molar-refractivity contribution is 5.14. The van der Waals surface area contributed by atoms with Gasteiger partial charge in [0.25, 0.3) is 0 Å². The van der Waals surface area contributed by atoms with E-state index in [0.29, 0.717) is 0 Å². The van der Waals surface area contributed by atoms with E-state index in [1.807, 2.05) is 0 Å². The SMILES string of the molecule is c1ccc(CCC[C@H]2C[C@H]3CC[C@@H]2C3)cc1. The molecule has 1 aromatic rings. The highest BCUT2D eigenvalue weighted by atomic mass is 14.4. The standard InChI is InChI=1S/C16H22/c1-2-5-13(6-3-1)7-4-8-15-11-14-9-10-16(15)12-14/h1-3,5-6,14-16H,4,7-12H2/t14-,15+,16-/m1/s1. The summed E-state index contributed by atoms with van der Waals surface area (Å²) in [5.74, 6) is 3.31. The van der Waals surface area contributed by atoms with E-state index in [1.165, 1.54) is 24.8 Å². The van der Waals surface area contributed by atoms with Gasteiger partial charge in [-0.15, -0.1) is 0 Å². The Morgan fingerprint density at radius 1 is 1.00 bits per heavy atom. The Hall–Kier alpha value is -0.780. The van der Waals surface area contributed by atoms with Gasteiger partial charge in [0.15, 0.2) is 0 Å². The molecule has 3 rings (SSSR count). The van der Waals surface area contributed by atoms with Crippen molar-refractivity contribution >= 4 is 0 Å². The van der Waals surface area contributed by atoms with Crippen molar-refractivity contribution in [3.63, 3.8) is 0 Å². The van der Waals surface area contributed by atoms with E-state index in [4.69, 9.17) is 0 Å². The van der Waals surface area contributed by atoms with Crippen LogP contribution in [0.5, 0.6) is 0 Å². The second-order valence-electron chi connectivity index (χ2n) is 5.81. The van der Waals surface area contributed by atoms with Crippen LogP contribution in [0, 0.1) is 17.8 Å². The zero-order valence-electron chi connectivity index (χ0n) is 10.1. The number of hydrogen-bond acceptors (Lipinski definition) is 0. The maximum absolute atomic E-state index is 2.26. The van der Waals surface area contributed by atoms with E-state index in [1.54, 1.807) is 25.7 Å². The first-order valence-electron chi connectivity index (χ1n) is 6.96. The van der Waals surface area contributed by atoms with Crippen molar-refractivity contribution in [2.24, 2.45) is 17.8 Å². The van der Waals surface area contributed by atoms with Crippen LogP contribution in [0.15, 0.2) is 30.3 Å². The molecule has 0 N–H and O–H groups in total. The van der Waals surface area contributed by atoms with Crippen molar-refractivity contribution < 1.29 is 0 Å². The van der Waals surface area contributed by atoms with Crippen LogP contribution < -0.4 is 0 Å². The molecule has 0 saturated heterocycles. The van der Waals surface area contributed by atoms with Crippen LogP contribution in [0.3, 0.4) is 0 Å². The number of fused-ring (bicyclic) bond motifs is 2. The Morgan fingerprint density at radius 2 is 1.88 bits per heavy atom. The van der Waals surface area contributed by atoms with Gasteiger partial charge >= 0.3 is 0 Å². The minimum atomic E-state index is 1.09. The molecule has 0 radical (unpaired) electrons. The molecule has 2 aliphatic rings. The van der Waals surface area contributed by atoms with Crippen molar-refractivity contribution in [3.05, 3.63) is 35.9 Å². The van der Waals surface area contributed by atoms with Crippen molar-refractivity contribution in [2.45, 2.75) is 44.9 Å². The lowest BCUT2D eigenvalue weighted by atomic mass is 9.85. The number of hydrogen-bond donors (Lipinski definition) is 0. The van der Waals surface area contributed by atoms with Gasteiger partial charge in [-0.25, -0.2) is 0 Å². The molecule has 0 aliphatic heterocycles. The van der Waals surface area contributed by atoms with E-state index in [0.717, 1.165) is 17.8 Å². The molecular weight excluding hydrogens is 192 g/mol. The van der Waals surface area contributed by atoms with Gasteiger partial charge in [0.2, 0.25) is 0 Å². The molecule has 0 aromatic heterocycles. The molecule has 0 amide bonds. The first-order chi connectivity index (χ1) is 7.92. The number of aryl methyl sites for hydroxylation is 1. The van der Waals surface area contributed by atoms with E-state index in [9.17, 15) is 0 Å². The number of rotatable bonds is 4. The minimum Gasteiger partial charge on any atom is -0.0622 e. The summed E-state index contributed by atoms with van der Waals surface area (Å²) in [6, 6.07) is 11.0. The third-order valence-corrected chi connectivity index (χ3v) is 4.77. The van der Waals surface area contributed by atoms with Crippen molar-refractivity contribution in [1.82, 2.24) is 0 Å². The topological polar surface area (TPSA) is 0 Å². The van der Waals surface area contributed by atoms with Gasteiger partial charge < -0.3 is 0 Å². The van der Waals surface area contributed by atoms with Crippen LogP contribution >= 0.6 is 0 Å². The van der Waals surface area contributed by atoms with E-state index < -0.39 is 0 Å². The van der Waals surface area contributed by atoms with Crippen LogP contribution in [0.1, 0.15) is 44.1 Å². The molecule has 2 bridgehead atoms. The summed E-state index contributed by atoms with van der Waals surface area (Å²) in [5.41, 5.74) is 1.52. The quantitative estimate of drug-likeness (QED) is 0.695. The summed E-state index contributed by atoms with van der Waals surface area (Å²) < 4.78 is 0. The monoisotopic (exact) mass is 214 g/mol. The lowest BCUT2D eigenvalue weighted by Crippen LogP contribution is -2.10. The largest absolute Gasteiger partial charge is 0.0622 e. The van der Waals surface area contributed by atoms with Crippen LogP contribution in [0.2, 0.25) is 0 Å². The fraction of sp³-hybridized carbons (Fsp3) is 0.625. The zero-order chi connectivity index (χ0) is 10.8. The Morgan fingerprint density at radius 3 is 2.56 bits per heavy atom. The fourth-order valence-corrected chi connectivity index (χ4v) is 3.94. The first-order valence-corrected chi connectivity index (χ1v) is 6.96. The van der Waals surface area contributed by atoms with Crippen LogP contribution in [0.4, 0.5) is 0 Å². The molecular formula is C16H22. The van der Waals surface area contributed by atoms with Gasteiger partial charge in [0.05, 0.1) is 0 Å². The van der Waals surface area contributed by atoms with Gasteiger partial charge in [-0.2, -0.15) is 0 Å². The lowest BCUT2D eigenvalue weighted by molar-refractivity contribution is 0.308. The summed E-state index contributed by atoms with van der Waals surface area (Å²) in [4.78, 5) is 0. The molecule has 2 fully saturated rings. The molecule has 16 heavy (non-hydrogen) atoms. The Labute approximate surface area is 99.1 Å².